The molecule has 1 atom stereocenters. The van der Waals surface area contributed by atoms with Crippen LogP contribution in [0.5, 0.6) is 0 Å². The fourth-order valence-electron chi connectivity index (χ4n) is 3.93. The Bertz CT molecular complexity index is 1080. The second kappa shape index (κ2) is 11.1. The van der Waals surface area contributed by atoms with Gasteiger partial charge in [-0.15, -0.1) is 0 Å². The van der Waals surface area contributed by atoms with Crippen LogP contribution in [0.3, 0.4) is 0 Å². The third kappa shape index (κ3) is 8.39. The van der Waals surface area contributed by atoms with Crippen LogP contribution in [0.15, 0.2) is 30.5 Å². The van der Waals surface area contributed by atoms with Gasteiger partial charge in [-0.3, -0.25) is 9.59 Å². The van der Waals surface area contributed by atoms with Crippen LogP contribution in [-0.4, -0.2) is 51.8 Å². The lowest BCUT2D eigenvalue weighted by atomic mass is 9.99. The van der Waals surface area contributed by atoms with E-state index in [9.17, 15) is 14.4 Å². The van der Waals surface area contributed by atoms with Gasteiger partial charge in [-0.25, -0.2) is 9.78 Å². The zero-order chi connectivity index (χ0) is 26.5. The Morgan fingerprint density at radius 1 is 1.00 bits per heavy atom. The van der Waals surface area contributed by atoms with Gasteiger partial charge in [-0.05, 0) is 66.0 Å². The number of aryl methyl sites for hydroxylation is 1. The molecule has 0 aliphatic carbocycles. The lowest BCUT2D eigenvalue weighted by Gasteiger charge is -2.25. The third-order valence-corrected chi connectivity index (χ3v) is 5.50. The van der Waals surface area contributed by atoms with Gasteiger partial charge < -0.3 is 24.7 Å². The summed E-state index contributed by atoms with van der Waals surface area (Å²) in [5.74, 6) is 0.737. The molecule has 9 nitrogen and oxygen atoms in total. The Morgan fingerprint density at radius 2 is 1.67 bits per heavy atom. The Kier molecular flexibility index (Phi) is 8.43. The van der Waals surface area contributed by atoms with E-state index >= 15 is 0 Å². The molecule has 1 aromatic heterocycles. The number of ether oxygens (including phenoxy) is 2. The molecule has 1 aliphatic heterocycles. The maximum absolute atomic E-state index is 12.4. The highest BCUT2D eigenvalue weighted by Crippen LogP contribution is 2.25. The summed E-state index contributed by atoms with van der Waals surface area (Å²) in [6.45, 7) is 12.5. The van der Waals surface area contributed by atoms with Crippen molar-refractivity contribution < 1.29 is 23.9 Å². The molecule has 2 amide bonds. The number of carbonyl (C=O) groups is 3. The zero-order valence-electron chi connectivity index (χ0n) is 22.1. The van der Waals surface area contributed by atoms with Crippen molar-refractivity contribution in [2.24, 2.45) is 5.92 Å². The number of imidazole rings is 1. The second-order valence-electron chi connectivity index (χ2n) is 11.2. The Morgan fingerprint density at radius 3 is 2.31 bits per heavy atom. The molecule has 2 N–H and O–H groups in total. The average Bonchev–Trinajstić information content (AvgIpc) is 3.19. The Balaban J connectivity index is 1.51. The molecule has 1 unspecified atom stereocenters. The summed E-state index contributed by atoms with van der Waals surface area (Å²) in [5, 5.41) is 5.62. The number of nitrogens with zero attached hydrogens (tertiary/aromatic N) is 2. The van der Waals surface area contributed by atoms with Gasteiger partial charge in [0.05, 0.1) is 12.1 Å². The fraction of sp³-hybridized carbons (Fsp3) is 0.556. The van der Waals surface area contributed by atoms with Crippen molar-refractivity contribution in [1.29, 1.82) is 0 Å². The van der Waals surface area contributed by atoms with Crippen LogP contribution in [0.4, 0.5) is 4.79 Å². The molecular weight excluding hydrogens is 460 g/mol. The number of fused-ring (bicyclic) bond motifs is 1. The Hall–Kier alpha value is -3.36. The molecule has 196 valence electrons. The number of amides is 2. The minimum Gasteiger partial charge on any atom is -0.460 e. The number of esters is 1. The van der Waals surface area contributed by atoms with Gasteiger partial charge in [-0.2, -0.15) is 0 Å². The topological polar surface area (TPSA) is 112 Å². The van der Waals surface area contributed by atoms with Crippen molar-refractivity contribution in [1.82, 2.24) is 20.2 Å². The SMILES string of the molecule is CC(C)(C)OC(=O)CCNC(=O)c1ccc(-c2cn3c(n2)CCC(CNC(=O)OC(C)(C)C)C3)cc1. The number of benzene rings is 1. The quantitative estimate of drug-likeness (QED) is 0.556. The molecule has 3 rings (SSSR count). The number of hydrogen-bond donors (Lipinski definition) is 2. The highest BCUT2D eigenvalue weighted by atomic mass is 16.6. The van der Waals surface area contributed by atoms with Gasteiger partial charge >= 0.3 is 12.1 Å². The first-order chi connectivity index (χ1) is 16.8. The summed E-state index contributed by atoms with van der Waals surface area (Å²) >= 11 is 0. The summed E-state index contributed by atoms with van der Waals surface area (Å²) in [7, 11) is 0. The van der Waals surface area contributed by atoms with E-state index in [1.165, 1.54) is 0 Å². The maximum Gasteiger partial charge on any atom is 0.407 e. The molecule has 2 heterocycles. The minimum atomic E-state index is -0.541. The molecular formula is C27H38N4O5. The molecule has 0 bridgehead atoms. The van der Waals surface area contributed by atoms with Gasteiger partial charge in [0.15, 0.2) is 0 Å². The van der Waals surface area contributed by atoms with E-state index < -0.39 is 17.3 Å². The number of aromatic nitrogens is 2. The van der Waals surface area contributed by atoms with E-state index in [1.807, 2.05) is 59.9 Å². The second-order valence-corrected chi connectivity index (χ2v) is 11.2. The smallest absolute Gasteiger partial charge is 0.407 e. The highest BCUT2D eigenvalue weighted by Gasteiger charge is 2.23. The first kappa shape index (κ1) is 27.2. The molecule has 2 aromatic rings. The molecule has 0 saturated heterocycles. The van der Waals surface area contributed by atoms with Crippen LogP contribution in [0.2, 0.25) is 0 Å². The van der Waals surface area contributed by atoms with Crippen molar-refractivity contribution in [3.8, 4) is 11.3 Å². The Labute approximate surface area is 213 Å². The lowest BCUT2D eigenvalue weighted by molar-refractivity contribution is -0.154. The molecule has 9 heteroatoms. The molecule has 0 fully saturated rings. The fourth-order valence-corrected chi connectivity index (χ4v) is 3.93. The molecule has 1 aliphatic rings. The number of carbonyl (C=O) groups excluding carboxylic acids is 3. The maximum atomic E-state index is 12.4. The van der Waals surface area contributed by atoms with Crippen LogP contribution >= 0.6 is 0 Å². The molecule has 0 radical (unpaired) electrons. The van der Waals surface area contributed by atoms with Crippen LogP contribution in [0.25, 0.3) is 11.3 Å². The van der Waals surface area contributed by atoms with Crippen molar-refractivity contribution in [2.75, 3.05) is 13.1 Å². The van der Waals surface area contributed by atoms with Crippen LogP contribution in [0.1, 0.15) is 70.6 Å². The molecule has 0 spiro atoms. The number of hydrogen-bond acceptors (Lipinski definition) is 6. The van der Waals surface area contributed by atoms with Crippen LogP contribution in [-0.2, 0) is 27.2 Å². The van der Waals surface area contributed by atoms with Crippen LogP contribution in [0, 0.1) is 5.92 Å². The van der Waals surface area contributed by atoms with Crippen molar-refractivity contribution in [2.45, 2.75) is 78.6 Å². The highest BCUT2D eigenvalue weighted by molar-refractivity contribution is 5.94. The van der Waals surface area contributed by atoms with Gasteiger partial charge in [0.2, 0.25) is 0 Å². The first-order valence-corrected chi connectivity index (χ1v) is 12.4. The normalized spacial score (nSPS) is 15.6. The van der Waals surface area contributed by atoms with Crippen LogP contribution < -0.4 is 10.6 Å². The summed E-state index contributed by atoms with van der Waals surface area (Å²) in [5.41, 5.74) is 1.23. The molecule has 1 aromatic carbocycles. The largest absolute Gasteiger partial charge is 0.460 e. The van der Waals surface area contributed by atoms with Crippen molar-refractivity contribution >= 4 is 18.0 Å². The number of rotatable bonds is 7. The zero-order valence-corrected chi connectivity index (χ0v) is 22.1. The minimum absolute atomic E-state index is 0.121. The van der Waals surface area contributed by atoms with Gasteiger partial charge in [0.25, 0.3) is 5.91 Å². The van der Waals surface area contributed by atoms with Gasteiger partial charge in [0, 0.05) is 43.4 Å². The summed E-state index contributed by atoms with van der Waals surface area (Å²) in [6.07, 6.45) is 3.52. The third-order valence-electron chi connectivity index (χ3n) is 5.50. The van der Waals surface area contributed by atoms with Gasteiger partial charge in [0.1, 0.15) is 17.0 Å². The summed E-state index contributed by atoms with van der Waals surface area (Å²) < 4.78 is 12.7. The van der Waals surface area contributed by atoms with E-state index in [1.54, 1.807) is 12.1 Å². The summed E-state index contributed by atoms with van der Waals surface area (Å²) in [6, 6.07) is 7.26. The van der Waals surface area contributed by atoms with Crippen molar-refractivity contribution in [3.63, 3.8) is 0 Å². The van der Waals surface area contributed by atoms with E-state index in [-0.39, 0.29) is 24.8 Å². The number of alkyl carbamates (subject to hydrolysis) is 1. The predicted molar refractivity (Wildman–Crippen MR) is 137 cm³/mol. The standard InChI is InChI=1S/C27H38N4O5/c1-26(2,3)35-23(32)13-14-28-24(33)20-10-8-19(9-11-20)21-17-31-16-18(7-12-22(31)30-21)15-29-25(34)36-27(4,5)6/h8-11,17-18H,7,12-16H2,1-6H3,(H,28,33)(H,29,34). The van der Waals surface area contributed by atoms with E-state index in [0.717, 1.165) is 36.5 Å². The van der Waals surface area contributed by atoms with Crippen molar-refractivity contribution in [3.05, 3.63) is 41.9 Å². The molecule has 0 saturated carbocycles. The van der Waals surface area contributed by atoms with E-state index in [4.69, 9.17) is 14.5 Å². The number of nitrogens with one attached hydrogen (secondary N) is 2. The average molecular weight is 499 g/mol. The molecule has 36 heavy (non-hydrogen) atoms. The van der Waals surface area contributed by atoms with Gasteiger partial charge in [-0.1, -0.05) is 12.1 Å². The first-order valence-electron chi connectivity index (χ1n) is 12.4. The monoisotopic (exact) mass is 498 g/mol. The van der Waals surface area contributed by atoms with E-state index in [2.05, 4.69) is 15.2 Å². The predicted octanol–water partition coefficient (Wildman–Crippen LogP) is 4.10. The summed E-state index contributed by atoms with van der Waals surface area (Å²) in [4.78, 5) is 40.9. The van der Waals surface area contributed by atoms with E-state index in [0.29, 0.717) is 18.0 Å². The lowest BCUT2D eigenvalue weighted by Crippen LogP contribution is -2.37.